The van der Waals surface area contributed by atoms with Crippen molar-refractivity contribution in [2.24, 2.45) is 4.99 Å². The summed E-state index contributed by atoms with van der Waals surface area (Å²) in [5, 5.41) is 38.7. The summed E-state index contributed by atoms with van der Waals surface area (Å²) in [6, 6.07) is -0.596. The van der Waals surface area contributed by atoms with E-state index in [2.05, 4.69) is 14.7 Å². The summed E-state index contributed by atoms with van der Waals surface area (Å²) in [7, 11) is 0. The Kier molecular flexibility index (Phi) is 6.86. The van der Waals surface area contributed by atoms with Gasteiger partial charge in [-0.25, -0.2) is 24.0 Å². The molecule has 12 nitrogen and oxygen atoms in total. The third-order valence-electron chi connectivity index (χ3n) is 3.94. The lowest BCUT2D eigenvalue weighted by molar-refractivity contribution is -0.140. The Morgan fingerprint density at radius 3 is 2.43 bits per heavy atom. The maximum atomic E-state index is 11.4. The van der Waals surface area contributed by atoms with E-state index in [1.54, 1.807) is 0 Å². The van der Waals surface area contributed by atoms with Crippen LogP contribution in [0.2, 0.25) is 0 Å². The van der Waals surface area contributed by atoms with Gasteiger partial charge in [0, 0.05) is 25.1 Å². The Balaban J connectivity index is 2.24. The van der Waals surface area contributed by atoms with Crippen LogP contribution in [0.5, 0.6) is 0 Å². The molecule has 1 aliphatic heterocycles. The summed E-state index contributed by atoms with van der Waals surface area (Å²) in [6.45, 7) is 0. The first-order chi connectivity index (χ1) is 14.1. The maximum Gasteiger partial charge on any atom is 0.371 e. The number of aliphatic imine (C=N–C) groups is 1. The molecule has 2 rings (SSSR count). The molecule has 2 atom stereocenters. The summed E-state index contributed by atoms with van der Waals surface area (Å²) in [4.78, 5) is 59.9. The fourth-order valence-corrected chi connectivity index (χ4v) is 2.57. The number of aliphatic carboxylic acids is 3. The number of nitrogens with one attached hydrogen (secondary N) is 1. The van der Waals surface area contributed by atoms with Crippen LogP contribution >= 0.6 is 0 Å². The zero-order valence-electron chi connectivity index (χ0n) is 15.1. The number of rotatable bonds is 8. The highest BCUT2D eigenvalue weighted by Gasteiger charge is 2.26. The maximum absolute atomic E-state index is 11.4. The van der Waals surface area contributed by atoms with Gasteiger partial charge in [-0.3, -0.25) is 4.99 Å². The molecule has 0 radical (unpaired) electrons. The highest BCUT2D eigenvalue weighted by Crippen LogP contribution is 2.16. The number of aromatic carboxylic acids is 1. The predicted molar refractivity (Wildman–Crippen MR) is 98.5 cm³/mol. The van der Waals surface area contributed by atoms with Gasteiger partial charge >= 0.3 is 29.5 Å². The number of carboxylic acid groups (broad SMARTS) is 4. The van der Waals surface area contributed by atoms with Crippen LogP contribution in [0.3, 0.4) is 0 Å². The smallest absolute Gasteiger partial charge is 0.371 e. The fourth-order valence-electron chi connectivity index (χ4n) is 2.57. The van der Waals surface area contributed by atoms with Crippen molar-refractivity contribution in [1.29, 1.82) is 0 Å². The summed E-state index contributed by atoms with van der Waals surface area (Å²) < 4.78 is 4.48. The van der Waals surface area contributed by atoms with Crippen LogP contribution < -0.4 is 10.9 Å². The molecule has 30 heavy (non-hydrogen) atoms. The Morgan fingerprint density at radius 1 is 1.17 bits per heavy atom. The SMILES string of the molecule is O=C(O)C1=C/C(=C/C=N[C@@H](Cc2cc(C(=O)O)oc(=O)c2)C(=O)O)C[C@@H](C(=O)O)N1. The molecule has 0 aromatic carbocycles. The van der Waals surface area contributed by atoms with E-state index in [4.69, 9.17) is 15.3 Å². The molecule has 1 aliphatic rings. The Morgan fingerprint density at radius 2 is 1.87 bits per heavy atom. The van der Waals surface area contributed by atoms with Crippen LogP contribution in [0.25, 0.3) is 0 Å². The summed E-state index contributed by atoms with van der Waals surface area (Å²) >= 11 is 0. The number of nitrogens with zero attached hydrogens (tertiary/aromatic N) is 1. The third-order valence-corrected chi connectivity index (χ3v) is 3.94. The van der Waals surface area contributed by atoms with E-state index < -0.39 is 47.3 Å². The zero-order valence-corrected chi connectivity index (χ0v) is 15.1. The molecular weight excluding hydrogens is 404 g/mol. The number of hydrogen-bond donors (Lipinski definition) is 5. The Labute approximate surface area is 167 Å². The molecule has 5 N–H and O–H groups in total. The topological polar surface area (TPSA) is 204 Å². The lowest BCUT2D eigenvalue weighted by Crippen LogP contribution is -2.41. The van der Waals surface area contributed by atoms with Crippen LogP contribution in [0.1, 0.15) is 22.5 Å². The van der Waals surface area contributed by atoms with Crippen molar-refractivity contribution in [3.63, 3.8) is 0 Å². The molecule has 0 bridgehead atoms. The molecule has 12 heteroatoms. The zero-order chi connectivity index (χ0) is 22.4. The molecule has 0 spiro atoms. The van der Waals surface area contributed by atoms with Gasteiger partial charge < -0.3 is 30.2 Å². The van der Waals surface area contributed by atoms with Crippen LogP contribution in [0.4, 0.5) is 0 Å². The Hall–Kier alpha value is -4.22. The lowest BCUT2D eigenvalue weighted by Gasteiger charge is -2.21. The predicted octanol–water partition coefficient (Wildman–Crippen LogP) is -0.254. The van der Waals surface area contributed by atoms with Crippen molar-refractivity contribution in [2.75, 3.05) is 0 Å². The second-order valence-electron chi connectivity index (χ2n) is 6.15. The molecule has 158 valence electrons. The number of carbonyl (C=O) groups is 4. The monoisotopic (exact) mass is 420 g/mol. The average Bonchev–Trinajstić information content (AvgIpc) is 2.66. The molecule has 1 aromatic rings. The standard InChI is InChI=1S/C18H16N2O10/c21-14-7-9(6-13(30-14)18(28)29)5-10(15(22)23)19-2-1-8-3-11(16(24)25)20-12(4-8)17(26)27/h1-3,6-7,10,12,20H,4-5H2,(H,22,23)(H,24,25)(H,26,27)(H,28,29)/b8-1-,19-2?/t10-,12-/m0/s1. The van der Waals surface area contributed by atoms with Crippen molar-refractivity contribution in [3.8, 4) is 0 Å². The molecule has 0 amide bonds. The first-order valence-corrected chi connectivity index (χ1v) is 8.33. The quantitative estimate of drug-likeness (QED) is 0.347. The third kappa shape index (κ3) is 5.89. The number of allylic oxidation sites excluding steroid dienone is 2. The summed E-state index contributed by atoms with van der Waals surface area (Å²) in [5.41, 5.74) is -0.914. The minimum absolute atomic E-state index is 0.0580. The molecule has 0 fully saturated rings. The second-order valence-corrected chi connectivity index (χ2v) is 6.15. The normalized spacial score (nSPS) is 18.5. The Bertz CT molecular complexity index is 1030. The van der Waals surface area contributed by atoms with E-state index in [0.717, 1.165) is 18.3 Å². The van der Waals surface area contributed by atoms with E-state index in [-0.39, 0.29) is 24.1 Å². The number of hydrogen-bond acceptors (Lipinski definition) is 8. The first-order valence-electron chi connectivity index (χ1n) is 8.33. The van der Waals surface area contributed by atoms with Gasteiger partial charge in [0.1, 0.15) is 11.7 Å². The van der Waals surface area contributed by atoms with E-state index in [9.17, 15) is 29.1 Å². The van der Waals surface area contributed by atoms with Crippen LogP contribution in [-0.2, 0) is 20.8 Å². The number of carboxylic acids is 4. The average molecular weight is 420 g/mol. The lowest BCUT2D eigenvalue weighted by atomic mass is 10.00. The molecular formula is C18H16N2O10. The highest BCUT2D eigenvalue weighted by molar-refractivity contribution is 5.90. The molecule has 0 aliphatic carbocycles. The summed E-state index contributed by atoms with van der Waals surface area (Å²) in [5.74, 6) is -6.11. The first kappa shape index (κ1) is 22.1. The summed E-state index contributed by atoms with van der Waals surface area (Å²) in [6.07, 6.45) is 3.19. The molecule has 0 saturated carbocycles. The highest BCUT2D eigenvalue weighted by atomic mass is 16.4. The fraction of sp³-hybridized carbons (Fsp3) is 0.222. The van der Waals surface area contributed by atoms with Gasteiger partial charge in [0.2, 0.25) is 5.76 Å². The van der Waals surface area contributed by atoms with Crippen molar-refractivity contribution < 1.29 is 44.0 Å². The molecule has 0 unspecified atom stereocenters. The van der Waals surface area contributed by atoms with Crippen LogP contribution in [0, 0.1) is 0 Å². The molecule has 2 heterocycles. The van der Waals surface area contributed by atoms with Crippen LogP contribution in [0.15, 0.2) is 49.8 Å². The largest absolute Gasteiger partial charge is 0.480 e. The van der Waals surface area contributed by atoms with E-state index in [1.165, 1.54) is 12.2 Å². The van der Waals surface area contributed by atoms with E-state index in [0.29, 0.717) is 5.57 Å². The minimum atomic E-state index is -1.49. The van der Waals surface area contributed by atoms with E-state index >= 15 is 0 Å². The second kappa shape index (κ2) is 9.32. The van der Waals surface area contributed by atoms with Gasteiger partial charge in [-0.15, -0.1) is 0 Å². The van der Waals surface area contributed by atoms with Gasteiger partial charge in [-0.2, -0.15) is 0 Å². The molecule has 1 aromatic heterocycles. The van der Waals surface area contributed by atoms with Crippen molar-refractivity contribution >= 4 is 30.1 Å². The van der Waals surface area contributed by atoms with Gasteiger partial charge in [-0.05, 0) is 29.4 Å². The van der Waals surface area contributed by atoms with Gasteiger partial charge in [-0.1, -0.05) is 0 Å². The van der Waals surface area contributed by atoms with Crippen molar-refractivity contribution in [1.82, 2.24) is 5.32 Å². The van der Waals surface area contributed by atoms with Gasteiger partial charge in [0.05, 0.1) is 0 Å². The van der Waals surface area contributed by atoms with Gasteiger partial charge in [0.15, 0.2) is 6.04 Å². The van der Waals surface area contributed by atoms with Crippen LogP contribution in [-0.4, -0.2) is 62.6 Å². The van der Waals surface area contributed by atoms with Gasteiger partial charge in [0.25, 0.3) is 0 Å². The minimum Gasteiger partial charge on any atom is -0.480 e. The molecule has 0 saturated heterocycles. The van der Waals surface area contributed by atoms with Crippen molar-refractivity contribution in [3.05, 3.63) is 57.3 Å². The van der Waals surface area contributed by atoms with Crippen molar-refractivity contribution in [2.45, 2.75) is 24.9 Å². The van der Waals surface area contributed by atoms with E-state index in [1.807, 2.05) is 0 Å².